The van der Waals surface area contributed by atoms with E-state index >= 15 is 0 Å². The first-order valence-electron chi connectivity index (χ1n) is 7.45. The maximum absolute atomic E-state index is 3.66. The number of hydrogen-bond acceptors (Lipinski definition) is 1. The molecule has 1 N–H and O–H groups in total. The minimum atomic E-state index is 0.484. The van der Waals surface area contributed by atoms with Gasteiger partial charge in [0.15, 0.2) is 0 Å². The summed E-state index contributed by atoms with van der Waals surface area (Å²) < 4.78 is 0. The van der Waals surface area contributed by atoms with Gasteiger partial charge in [-0.3, -0.25) is 0 Å². The van der Waals surface area contributed by atoms with Crippen LogP contribution < -0.4 is 5.32 Å². The molecule has 0 aliphatic heterocycles. The van der Waals surface area contributed by atoms with E-state index in [-0.39, 0.29) is 0 Å². The fourth-order valence-electron chi connectivity index (χ4n) is 3.41. The minimum Gasteiger partial charge on any atom is -0.312 e. The molecule has 0 unspecified atom stereocenters. The lowest BCUT2D eigenvalue weighted by Gasteiger charge is -2.11. The van der Waals surface area contributed by atoms with Gasteiger partial charge in [0.1, 0.15) is 0 Å². The lowest BCUT2D eigenvalue weighted by molar-refractivity contribution is 0.457. The third-order valence-electron chi connectivity index (χ3n) is 5.94. The van der Waals surface area contributed by atoms with Crippen LogP contribution in [0.2, 0.25) is 0 Å². The Balaban J connectivity index is 1.93. The lowest BCUT2D eigenvalue weighted by Crippen LogP contribution is -2.19. The first-order chi connectivity index (χ1) is 8.68. The number of aryl methyl sites for hydroxylation is 3. The van der Waals surface area contributed by atoms with Gasteiger partial charge in [-0.05, 0) is 66.3 Å². The molecule has 1 heteroatoms. The smallest absolute Gasteiger partial charge is 0.0208 e. The van der Waals surface area contributed by atoms with Crippen LogP contribution in [0.1, 0.15) is 49.9 Å². The Bertz CT molecular complexity index is 469. The topological polar surface area (TPSA) is 12.0 Å². The number of nitrogens with one attached hydrogen (secondary N) is 1. The molecule has 1 aromatic rings. The summed E-state index contributed by atoms with van der Waals surface area (Å²) in [6.45, 7) is 18.3. The predicted octanol–water partition coefficient (Wildman–Crippen LogP) is 4.38. The van der Waals surface area contributed by atoms with E-state index in [1.807, 2.05) is 0 Å². The standard InChI is InChI=1S/C18H29N/c1-12-8-14(3)15(9-13(12)2)10-19-11-16-17(4,5)18(16,6)7/h8-9,16,19H,10-11H2,1-7H3. The molecule has 1 aromatic carbocycles. The molecule has 19 heavy (non-hydrogen) atoms. The highest BCUT2D eigenvalue weighted by molar-refractivity contribution is 5.36. The molecule has 2 rings (SSSR count). The average Bonchev–Trinajstić information content (AvgIpc) is 2.67. The highest BCUT2D eigenvalue weighted by Crippen LogP contribution is 2.67. The molecule has 0 spiro atoms. The van der Waals surface area contributed by atoms with Crippen molar-refractivity contribution in [3.05, 3.63) is 34.4 Å². The zero-order valence-electron chi connectivity index (χ0n) is 13.6. The summed E-state index contributed by atoms with van der Waals surface area (Å²) in [5, 5.41) is 3.66. The Kier molecular flexibility index (Phi) is 3.55. The van der Waals surface area contributed by atoms with Crippen molar-refractivity contribution >= 4 is 0 Å². The van der Waals surface area contributed by atoms with E-state index < -0.39 is 0 Å². The second-order valence-corrected chi connectivity index (χ2v) is 7.49. The highest BCUT2D eigenvalue weighted by Gasteiger charge is 2.63. The van der Waals surface area contributed by atoms with Crippen molar-refractivity contribution in [3.8, 4) is 0 Å². The van der Waals surface area contributed by atoms with E-state index in [4.69, 9.17) is 0 Å². The fraction of sp³-hybridized carbons (Fsp3) is 0.667. The van der Waals surface area contributed by atoms with Crippen molar-refractivity contribution < 1.29 is 0 Å². The summed E-state index contributed by atoms with van der Waals surface area (Å²) in [7, 11) is 0. The van der Waals surface area contributed by atoms with Gasteiger partial charge in [-0.2, -0.15) is 0 Å². The van der Waals surface area contributed by atoms with Gasteiger partial charge in [0.2, 0.25) is 0 Å². The van der Waals surface area contributed by atoms with Gasteiger partial charge in [-0.1, -0.05) is 39.8 Å². The van der Waals surface area contributed by atoms with Crippen molar-refractivity contribution in [1.82, 2.24) is 5.32 Å². The van der Waals surface area contributed by atoms with Crippen LogP contribution in [0.15, 0.2) is 12.1 Å². The molecule has 0 atom stereocenters. The molecule has 1 aliphatic rings. The van der Waals surface area contributed by atoms with Crippen molar-refractivity contribution in [2.75, 3.05) is 6.54 Å². The average molecular weight is 259 g/mol. The van der Waals surface area contributed by atoms with Crippen molar-refractivity contribution in [1.29, 1.82) is 0 Å². The zero-order chi connectivity index (χ0) is 14.4. The quantitative estimate of drug-likeness (QED) is 0.846. The summed E-state index contributed by atoms with van der Waals surface area (Å²) in [5.74, 6) is 0.798. The van der Waals surface area contributed by atoms with E-state index in [1.54, 1.807) is 0 Å². The molecular weight excluding hydrogens is 230 g/mol. The van der Waals surface area contributed by atoms with Crippen LogP contribution in [-0.4, -0.2) is 6.54 Å². The summed E-state index contributed by atoms with van der Waals surface area (Å²) in [6.07, 6.45) is 0. The van der Waals surface area contributed by atoms with Gasteiger partial charge < -0.3 is 5.32 Å². The Morgan fingerprint density at radius 1 is 0.895 bits per heavy atom. The maximum atomic E-state index is 3.66. The van der Waals surface area contributed by atoms with Crippen LogP contribution in [-0.2, 0) is 6.54 Å². The second-order valence-electron chi connectivity index (χ2n) is 7.49. The first-order valence-corrected chi connectivity index (χ1v) is 7.45. The Morgan fingerprint density at radius 2 is 1.42 bits per heavy atom. The molecule has 1 saturated carbocycles. The minimum absolute atomic E-state index is 0.484. The third-order valence-corrected chi connectivity index (χ3v) is 5.94. The normalized spacial score (nSPS) is 20.6. The van der Waals surface area contributed by atoms with Crippen LogP contribution in [0.3, 0.4) is 0 Å². The number of benzene rings is 1. The lowest BCUT2D eigenvalue weighted by atomic mass is 10.0. The number of hydrogen-bond donors (Lipinski definition) is 1. The SMILES string of the molecule is Cc1cc(C)c(CNCC2C(C)(C)C2(C)C)cc1C. The molecule has 0 amide bonds. The summed E-state index contributed by atoms with van der Waals surface area (Å²) in [4.78, 5) is 0. The summed E-state index contributed by atoms with van der Waals surface area (Å²) >= 11 is 0. The third kappa shape index (κ3) is 2.45. The monoisotopic (exact) mass is 259 g/mol. The zero-order valence-corrected chi connectivity index (χ0v) is 13.6. The number of rotatable bonds is 4. The Morgan fingerprint density at radius 3 is 1.95 bits per heavy atom. The second kappa shape index (κ2) is 4.63. The maximum Gasteiger partial charge on any atom is 0.0208 e. The van der Waals surface area contributed by atoms with Crippen LogP contribution in [0.5, 0.6) is 0 Å². The predicted molar refractivity (Wildman–Crippen MR) is 83.4 cm³/mol. The molecular formula is C18H29N. The van der Waals surface area contributed by atoms with E-state index in [1.165, 1.54) is 22.3 Å². The molecule has 0 aromatic heterocycles. The van der Waals surface area contributed by atoms with E-state index in [0.717, 1.165) is 19.0 Å². The van der Waals surface area contributed by atoms with Crippen LogP contribution in [0.4, 0.5) is 0 Å². The van der Waals surface area contributed by atoms with Crippen LogP contribution >= 0.6 is 0 Å². The highest BCUT2D eigenvalue weighted by atomic mass is 14.9. The molecule has 106 valence electrons. The van der Waals surface area contributed by atoms with Crippen molar-refractivity contribution in [2.45, 2.75) is 55.0 Å². The van der Waals surface area contributed by atoms with Crippen molar-refractivity contribution in [3.63, 3.8) is 0 Å². The first kappa shape index (κ1) is 14.6. The molecule has 0 saturated heterocycles. The van der Waals surface area contributed by atoms with Gasteiger partial charge in [0, 0.05) is 6.54 Å². The van der Waals surface area contributed by atoms with Gasteiger partial charge in [-0.15, -0.1) is 0 Å². The van der Waals surface area contributed by atoms with E-state index in [0.29, 0.717) is 10.8 Å². The Labute approximate surface area is 118 Å². The van der Waals surface area contributed by atoms with Gasteiger partial charge in [0.05, 0.1) is 0 Å². The van der Waals surface area contributed by atoms with Gasteiger partial charge >= 0.3 is 0 Å². The summed E-state index contributed by atoms with van der Waals surface area (Å²) in [5.41, 5.74) is 6.61. The fourth-order valence-corrected chi connectivity index (χ4v) is 3.41. The van der Waals surface area contributed by atoms with E-state index in [9.17, 15) is 0 Å². The van der Waals surface area contributed by atoms with Crippen LogP contribution in [0, 0.1) is 37.5 Å². The molecule has 0 bridgehead atoms. The van der Waals surface area contributed by atoms with E-state index in [2.05, 4.69) is 65.9 Å². The molecule has 1 fully saturated rings. The molecule has 1 aliphatic carbocycles. The van der Waals surface area contributed by atoms with Crippen LogP contribution in [0.25, 0.3) is 0 Å². The largest absolute Gasteiger partial charge is 0.312 e. The van der Waals surface area contributed by atoms with Crippen molar-refractivity contribution in [2.24, 2.45) is 16.7 Å². The van der Waals surface area contributed by atoms with Gasteiger partial charge in [-0.25, -0.2) is 0 Å². The molecule has 0 radical (unpaired) electrons. The Hall–Kier alpha value is -0.820. The summed E-state index contributed by atoms with van der Waals surface area (Å²) in [6, 6.07) is 4.64. The van der Waals surface area contributed by atoms with Gasteiger partial charge in [0.25, 0.3) is 0 Å². The molecule has 0 heterocycles. The molecule has 1 nitrogen and oxygen atoms in total.